The summed E-state index contributed by atoms with van der Waals surface area (Å²) in [5, 5.41) is 8.97. The molecule has 0 radical (unpaired) electrons. The lowest BCUT2D eigenvalue weighted by Crippen LogP contribution is -2.36. The Bertz CT molecular complexity index is 865. The number of pyridine rings is 1. The van der Waals surface area contributed by atoms with Crippen LogP contribution in [0.15, 0.2) is 36.5 Å². The molecule has 1 aliphatic rings. The molecule has 1 aromatic carbocycles. The Morgan fingerprint density at radius 2 is 2.14 bits per heavy atom. The topological polar surface area (TPSA) is 104 Å². The van der Waals surface area contributed by atoms with E-state index in [9.17, 15) is 9.18 Å². The molecule has 2 heterocycles. The van der Waals surface area contributed by atoms with Gasteiger partial charge in [-0.05, 0) is 37.3 Å². The number of halogens is 1. The van der Waals surface area contributed by atoms with Crippen molar-refractivity contribution in [3.63, 3.8) is 0 Å². The van der Waals surface area contributed by atoms with Crippen LogP contribution in [0.4, 0.5) is 15.0 Å². The highest BCUT2D eigenvalue weighted by atomic mass is 19.1. The van der Waals surface area contributed by atoms with Gasteiger partial charge in [-0.15, -0.1) is 0 Å². The maximum absolute atomic E-state index is 14.9. The number of nitrogens with two attached hydrogens (primary N) is 1. The Balaban J connectivity index is 1.63. The molecule has 1 aromatic heterocycles. The van der Waals surface area contributed by atoms with Crippen molar-refractivity contribution >= 4 is 17.9 Å². The molecule has 148 valence electrons. The monoisotopic (exact) mass is 385 g/mol. The van der Waals surface area contributed by atoms with Crippen LogP contribution in [0, 0.1) is 18.2 Å². The Labute approximate surface area is 163 Å². The van der Waals surface area contributed by atoms with Gasteiger partial charge in [-0.3, -0.25) is 10.7 Å². The Kier molecular flexibility index (Phi) is 6.08. The number of carbonyl (C=O) groups excluding carboxylic acids is 1. The van der Waals surface area contributed by atoms with Gasteiger partial charge in [-0.2, -0.15) is 0 Å². The van der Waals surface area contributed by atoms with Crippen LogP contribution in [0.25, 0.3) is 0 Å². The number of piperidine rings is 1. The van der Waals surface area contributed by atoms with Crippen LogP contribution in [0.3, 0.4) is 0 Å². The van der Waals surface area contributed by atoms with Gasteiger partial charge >= 0.3 is 6.09 Å². The smallest absolute Gasteiger partial charge is 0.414 e. The summed E-state index contributed by atoms with van der Waals surface area (Å²) < 4.78 is 19.8. The van der Waals surface area contributed by atoms with E-state index in [0.29, 0.717) is 19.0 Å². The predicted molar refractivity (Wildman–Crippen MR) is 105 cm³/mol. The van der Waals surface area contributed by atoms with Crippen LogP contribution in [0.1, 0.15) is 35.4 Å². The molecule has 1 fully saturated rings. The number of alkyl carbamates (subject to hydrolysis) is 1. The average molecular weight is 385 g/mol. The third-order valence-electron chi connectivity index (χ3n) is 4.85. The molecule has 7 nitrogen and oxygen atoms in total. The van der Waals surface area contributed by atoms with Gasteiger partial charge in [0.15, 0.2) is 17.6 Å². The van der Waals surface area contributed by atoms with Gasteiger partial charge in [-0.1, -0.05) is 29.8 Å². The van der Waals surface area contributed by atoms with Crippen molar-refractivity contribution < 1.29 is 13.9 Å². The Morgan fingerprint density at radius 1 is 1.39 bits per heavy atom. The van der Waals surface area contributed by atoms with Crippen LogP contribution in [-0.4, -0.2) is 30.1 Å². The third kappa shape index (κ3) is 4.76. The molecular formula is C20H24FN5O2. The third-order valence-corrected chi connectivity index (χ3v) is 4.85. The fourth-order valence-corrected chi connectivity index (χ4v) is 3.44. The molecule has 0 saturated carbocycles. The zero-order valence-corrected chi connectivity index (χ0v) is 15.7. The number of aromatic nitrogens is 1. The first-order valence-electron chi connectivity index (χ1n) is 9.16. The van der Waals surface area contributed by atoms with Gasteiger partial charge in [0, 0.05) is 24.8 Å². The minimum Gasteiger partial charge on any atom is -0.444 e. The molecule has 0 bridgehead atoms. The van der Waals surface area contributed by atoms with Crippen molar-refractivity contribution in [3.05, 3.63) is 59.0 Å². The second-order valence-corrected chi connectivity index (χ2v) is 6.90. The van der Waals surface area contributed by atoms with E-state index < -0.39 is 17.9 Å². The maximum atomic E-state index is 14.9. The molecule has 3 rings (SSSR count). The molecule has 1 aliphatic heterocycles. The molecule has 2 aromatic rings. The minimum atomic E-state index is -0.899. The minimum absolute atomic E-state index is 0.226. The summed E-state index contributed by atoms with van der Waals surface area (Å²) in [6, 6.07) is 9.99. The first-order chi connectivity index (χ1) is 13.4. The summed E-state index contributed by atoms with van der Waals surface area (Å²) in [4.78, 5) is 17.5. The first kappa shape index (κ1) is 19.6. The van der Waals surface area contributed by atoms with E-state index in [4.69, 9.17) is 15.9 Å². The van der Waals surface area contributed by atoms with Crippen molar-refractivity contribution in [3.8, 4) is 0 Å². The lowest BCUT2D eigenvalue weighted by atomic mass is 9.88. The zero-order valence-electron chi connectivity index (χ0n) is 15.7. The summed E-state index contributed by atoms with van der Waals surface area (Å²) in [6.45, 7) is 3.23. The van der Waals surface area contributed by atoms with Gasteiger partial charge in [0.1, 0.15) is 6.61 Å². The van der Waals surface area contributed by atoms with Crippen LogP contribution in [0.5, 0.6) is 0 Å². The predicted octanol–water partition coefficient (Wildman–Crippen LogP) is 3.03. The van der Waals surface area contributed by atoms with Crippen molar-refractivity contribution in [2.75, 3.05) is 18.0 Å². The fourth-order valence-electron chi connectivity index (χ4n) is 3.44. The van der Waals surface area contributed by atoms with Crippen LogP contribution in [-0.2, 0) is 11.3 Å². The van der Waals surface area contributed by atoms with E-state index in [1.807, 2.05) is 10.2 Å². The summed E-state index contributed by atoms with van der Waals surface area (Å²) in [5.41, 5.74) is 7.85. The van der Waals surface area contributed by atoms with Crippen molar-refractivity contribution in [1.82, 2.24) is 10.3 Å². The number of benzene rings is 1. The quantitative estimate of drug-likeness (QED) is 0.554. The van der Waals surface area contributed by atoms with Crippen molar-refractivity contribution in [2.24, 2.45) is 5.73 Å². The van der Waals surface area contributed by atoms with Gasteiger partial charge in [0.2, 0.25) is 0 Å². The lowest BCUT2D eigenvalue weighted by molar-refractivity contribution is 0.143. The summed E-state index contributed by atoms with van der Waals surface area (Å²) in [5.74, 6) is -0.290. The fraction of sp³-hybridized carbons (Fsp3) is 0.350. The highest BCUT2D eigenvalue weighted by molar-refractivity contribution is 5.90. The Morgan fingerprint density at radius 3 is 2.82 bits per heavy atom. The molecule has 28 heavy (non-hydrogen) atoms. The molecule has 0 aliphatic carbocycles. The Hall–Kier alpha value is -3.16. The molecule has 0 unspecified atom stereocenters. The maximum Gasteiger partial charge on any atom is 0.414 e. The molecule has 4 N–H and O–H groups in total. The SMILES string of the molecule is Cc1cccc(C2CCN(c3nccc(COC(=O)NC(=N)N)c3F)CC2)c1. The number of aryl methyl sites for hydroxylation is 1. The normalized spacial score (nSPS) is 14.6. The highest BCUT2D eigenvalue weighted by Crippen LogP contribution is 2.31. The van der Waals surface area contributed by atoms with E-state index in [1.54, 1.807) is 0 Å². The summed E-state index contributed by atoms with van der Waals surface area (Å²) in [6.07, 6.45) is 2.45. The largest absolute Gasteiger partial charge is 0.444 e. The zero-order chi connectivity index (χ0) is 20.1. The second kappa shape index (κ2) is 8.69. The number of hydrogen-bond acceptors (Lipinski definition) is 5. The van der Waals surface area contributed by atoms with Gasteiger partial charge < -0.3 is 15.4 Å². The number of nitrogens with one attached hydrogen (secondary N) is 2. The average Bonchev–Trinajstić information content (AvgIpc) is 2.67. The van der Waals surface area contributed by atoms with Crippen molar-refractivity contribution in [1.29, 1.82) is 5.41 Å². The number of nitrogens with zero attached hydrogens (tertiary/aromatic N) is 2. The number of hydrogen-bond donors (Lipinski definition) is 3. The van der Waals surface area contributed by atoms with E-state index in [-0.39, 0.29) is 18.0 Å². The van der Waals surface area contributed by atoms with Crippen LogP contribution < -0.4 is 16.0 Å². The number of carbonyl (C=O) groups is 1. The van der Waals surface area contributed by atoms with Gasteiger partial charge in [0.25, 0.3) is 0 Å². The molecule has 1 saturated heterocycles. The van der Waals surface area contributed by atoms with Gasteiger partial charge in [0.05, 0.1) is 0 Å². The molecule has 0 spiro atoms. The number of guanidine groups is 1. The van der Waals surface area contributed by atoms with E-state index in [0.717, 1.165) is 12.8 Å². The van der Waals surface area contributed by atoms with E-state index in [1.165, 1.54) is 23.4 Å². The number of amides is 1. The number of rotatable bonds is 4. The number of anilines is 1. The standard InChI is InChI=1S/C20H24FN5O2/c1-13-3-2-4-15(11-13)14-6-9-26(10-7-14)18-17(21)16(5-8-24-18)12-28-20(27)25-19(22)23/h2-5,8,11,14H,6-7,9-10,12H2,1H3,(H4,22,23,25,27). The highest BCUT2D eigenvalue weighted by Gasteiger charge is 2.24. The molecule has 8 heteroatoms. The lowest BCUT2D eigenvalue weighted by Gasteiger charge is -2.33. The van der Waals surface area contributed by atoms with E-state index in [2.05, 4.69) is 36.2 Å². The van der Waals surface area contributed by atoms with Crippen molar-refractivity contribution in [2.45, 2.75) is 32.3 Å². The van der Waals surface area contributed by atoms with E-state index >= 15 is 0 Å². The first-order valence-corrected chi connectivity index (χ1v) is 9.16. The molecular weight excluding hydrogens is 361 g/mol. The second-order valence-electron chi connectivity index (χ2n) is 6.90. The number of ether oxygens (including phenoxy) is 1. The summed E-state index contributed by atoms with van der Waals surface area (Å²) >= 11 is 0. The molecule has 1 amide bonds. The molecule has 0 atom stereocenters. The van der Waals surface area contributed by atoms with Crippen LogP contribution in [0.2, 0.25) is 0 Å². The van der Waals surface area contributed by atoms with Crippen LogP contribution >= 0.6 is 0 Å². The van der Waals surface area contributed by atoms with Gasteiger partial charge in [-0.25, -0.2) is 14.2 Å². The summed E-state index contributed by atoms with van der Waals surface area (Å²) in [7, 11) is 0.